The van der Waals surface area contributed by atoms with Crippen LogP contribution in [0.4, 0.5) is 5.69 Å². The van der Waals surface area contributed by atoms with E-state index >= 15 is 0 Å². The number of anilines is 1. The van der Waals surface area contributed by atoms with Gasteiger partial charge in [0.1, 0.15) is 0 Å². The molecular formula is C19H25ClN4O. The molecule has 2 aromatic rings. The predicted molar refractivity (Wildman–Crippen MR) is 106 cm³/mol. The van der Waals surface area contributed by atoms with E-state index in [1.165, 1.54) is 5.56 Å². The Morgan fingerprint density at radius 1 is 1.04 bits per heavy atom. The molecule has 134 valence electrons. The first-order valence-corrected chi connectivity index (χ1v) is 7.84. The molecule has 0 atom stereocenters. The molecule has 0 aliphatic heterocycles. The molecule has 6 heteroatoms. The number of carbonyl (C=O) groups excluding carboxylic acids is 1. The lowest BCUT2D eigenvalue weighted by molar-refractivity contribution is 0.102. The molecule has 5 nitrogen and oxygen atoms in total. The van der Waals surface area contributed by atoms with Gasteiger partial charge in [0, 0.05) is 17.8 Å². The molecule has 2 aromatic carbocycles. The van der Waals surface area contributed by atoms with Crippen molar-refractivity contribution in [1.29, 1.82) is 5.41 Å². The summed E-state index contributed by atoms with van der Waals surface area (Å²) in [6.45, 7) is 6.93. The summed E-state index contributed by atoms with van der Waals surface area (Å²) >= 11 is 0. The van der Waals surface area contributed by atoms with Crippen LogP contribution in [0.5, 0.6) is 0 Å². The van der Waals surface area contributed by atoms with Gasteiger partial charge in [0.25, 0.3) is 5.91 Å². The van der Waals surface area contributed by atoms with Crippen LogP contribution in [0.2, 0.25) is 0 Å². The Morgan fingerprint density at radius 2 is 1.60 bits per heavy atom. The van der Waals surface area contributed by atoms with Crippen LogP contribution < -0.4 is 16.4 Å². The van der Waals surface area contributed by atoms with Crippen molar-refractivity contribution >= 4 is 30.0 Å². The van der Waals surface area contributed by atoms with E-state index in [4.69, 9.17) is 11.1 Å². The van der Waals surface area contributed by atoms with Crippen LogP contribution in [0, 0.1) is 5.41 Å². The van der Waals surface area contributed by atoms with Crippen molar-refractivity contribution in [3.8, 4) is 0 Å². The smallest absolute Gasteiger partial charge is 0.255 e. The van der Waals surface area contributed by atoms with Crippen LogP contribution in [0.25, 0.3) is 0 Å². The Bertz CT molecular complexity index is 719. The number of halogens is 1. The largest absolute Gasteiger partial charge is 0.370 e. The number of guanidine groups is 1. The van der Waals surface area contributed by atoms with Gasteiger partial charge in [0.05, 0.1) is 0 Å². The summed E-state index contributed by atoms with van der Waals surface area (Å²) < 4.78 is 0. The van der Waals surface area contributed by atoms with Gasteiger partial charge in [-0.3, -0.25) is 10.2 Å². The molecule has 0 unspecified atom stereocenters. The first-order valence-electron chi connectivity index (χ1n) is 7.84. The lowest BCUT2D eigenvalue weighted by atomic mass is 9.87. The van der Waals surface area contributed by atoms with Gasteiger partial charge in [-0.15, -0.1) is 12.4 Å². The highest BCUT2D eigenvalue weighted by Crippen LogP contribution is 2.23. The maximum absolute atomic E-state index is 12.3. The summed E-state index contributed by atoms with van der Waals surface area (Å²) in [5.74, 6) is -0.222. The minimum absolute atomic E-state index is 0. The molecule has 2 rings (SSSR count). The topological polar surface area (TPSA) is 91.0 Å². The van der Waals surface area contributed by atoms with Crippen molar-refractivity contribution in [2.24, 2.45) is 5.73 Å². The fraction of sp³-hybridized carbons (Fsp3) is 0.263. The third-order valence-electron chi connectivity index (χ3n) is 3.71. The van der Waals surface area contributed by atoms with Crippen LogP contribution in [-0.2, 0) is 12.0 Å². The number of rotatable bonds is 4. The molecular weight excluding hydrogens is 336 g/mol. The van der Waals surface area contributed by atoms with Crippen LogP contribution in [0.15, 0.2) is 48.5 Å². The van der Waals surface area contributed by atoms with Crippen LogP contribution in [-0.4, -0.2) is 11.9 Å². The van der Waals surface area contributed by atoms with Gasteiger partial charge in [-0.1, -0.05) is 45.0 Å². The van der Waals surface area contributed by atoms with Crippen molar-refractivity contribution in [3.63, 3.8) is 0 Å². The van der Waals surface area contributed by atoms with Crippen molar-refractivity contribution in [2.75, 3.05) is 5.32 Å². The van der Waals surface area contributed by atoms with E-state index in [0.717, 1.165) is 11.3 Å². The quantitative estimate of drug-likeness (QED) is 0.495. The molecule has 0 saturated heterocycles. The highest BCUT2D eigenvalue weighted by Gasteiger charge is 2.13. The van der Waals surface area contributed by atoms with Crippen molar-refractivity contribution in [1.82, 2.24) is 5.32 Å². The first-order chi connectivity index (χ1) is 11.3. The van der Waals surface area contributed by atoms with E-state index < -0.39 is 0 Å². The second kappa shape index (κ2) is 8.53. The lowest BCUT2D eigenvalue weighted by Crippen LogP contribution is -2.29. The number of hydrogen-bond acceptors (Lipinski definition) is 2. The van der Waals surface area contributed by atoms with Crippen molar-refractivity contribution in [3.05, 3.63) is 65.2 Å². The average molecular weight is 361 g/mol. The fourth-order valence-electron chi connectivity index (χ4n) is 2.23. The average Bonchev–Trinajstić information content (AvgIpc) is 2.53. The number of nitrogens with two attached hydrogens (primary N) is 1. The zero-order valence-corrected chi connectivity index (χ0v) is 15.5. The minimum atomic E-state index is -0.149. The standard InChI is InChI=1S/C19H24N4O.ClH/c1-19(2,3)15-8-10-16(11-9-15)23-17(24)14-6-4-13(5-7-14)12-22-18(20)21;/h4-11H,12H2,1-3H3,(H,23,24)(H4,20,21,22);1H. The SMILES string of the molecule is CC(C)(C)c1ccc(NC(=O)c2ccc(CNC(=N)N)cc2)cc1.Cl. The normalized spacial score (nSPS) is 10.5. The summed E-state index contributed by atoms with van der Waals surface area (Å²) in [7, 11) is 0. The molecule has 0 aliphatic rings. The van der Waals surface area contributed by atoms with Gasteiger partial charge in [0.15, 0.2) is 5.96 Å². The third-order valence-corrected chi connectivity index (χ3v) is 3.71. The van der Waals surface area contributed by atoms with E-state index in [9.17, 15) is 4.79 Å². The van der Waals surface area contributed by atoms with Crippen molar-refractivity contribution in [2.45, 2.75) is 32.7 Å². The monoisotopic (exact) mass is 360 g/mol. The second-order valence-corrected chi connectivity index (χ2v) is 6.75. The van der Waals surface area contributed by atoms with Crippen LogP contribution in [0.3, 0.4) is 0 Å². The minimum Gasteiger partial charge on any atom is -0.370 e. The summed E-state index contributed by atoms with van der Waals surface area (Å²) in [4.78, 5) is 12.3. The van der Waals surface area contributed by atoms with Gasteiger partial charge in [-0.05, 0) is 40.8 Å². The molecule has 0 fully saturated rings. The van der Waals surface area contributed by atoms with E-state index in [-0.39, 0.29) is 29.7 Å². The zero-order valence-electron chi connectivity index (χ0n) is 14.7. The van der Waals surface area contributed by atoms with Gasteiger partial charge >= 0.3 is 0 Å². The van der Waals surface area contributed by atoms with E-state index in [2.05, 4.69) is 31.4 Å². The molecule has 0 saturated carbocycles. The number of carbonyl (C=O) groups is 1. The van der Waals surface area contributed by atoms with Gasteiger partial charge in [0.2, 0.25) is 0 Å². The summed E-state index contributed by atoms with van der Waals surface area (Å²) in [5, 5.41) is 12.8. The van der Waals surface area contributed by atoms with E-state index in [1.54, 1.807) is 12.1 Å². The lowest BCUT2D eigenvalue weighted by Gasteiger charge is -2.19. The van der Waals surface area contributed by atoms with E-state index in [1.807, 2.05) is 36.4 Å². The molecule has 0 spiro atoms. The Kier molecular flexibility index (Phi) is 7.00. The zero-order chi connectivity index (χ0) is 17.7. The van der Waals surface area contributed by atoms with Crippen LogP contribution in [0.1, 0.15) is 42.3 Å². The highest BCUT2D eigenvalue weighted by molar-refractivity contribution is 6.04. The molecule has 25 heavy (non-hydrogen) atoms. The maximum atomic E-state index is 12.3. The van der Waals surface area contributed by atoms with Crippen molar-refractivity contribution < 1.29 is 4.79 Å². The summed E-state index contributed by atoms with van der Waals surface area (Å²) in [6, 6.07) is 15.1. The Hall–Kier alpha value is -2.53. The number of hydrogen-bond donors (Lipinski definition) is 4. The van der Waals surface area contributed by atoms with Gasteiger partial charge < -0.3 is 16.4 Å². The molecule has 0 bridgehead atoms. The predicted octanol–water partition coefficient (Wildman–Crippen LogP) is 3.64. The first kappa shape index (κ1) is 20.5. The summed E-state index contributed by atoms with van der Waals surface area (Å²) in [6.07, 6.45) is 0. The Labute approximate surface area is 154 Å². The second-order valence-electron chi connectivity index (χ2n) is 6.75. The number of benzene rings is 2. The number of nitrogens with one attached hydrogen (secondary N) is 3. The van der Waals surface area contributed by atoms with Crippen LogP contribution >= 0.6 is 12.4 Å². The summed E-state index contributed by atoms with van der Waals surface area (Å²) in [5.41, 5.74) is 8.88. The fourth-order valence-corrected chi connectivity index (χ4v) is 2.23. The molecule has 1 amide bonds. The Morgan fingerprint density at radius 3 is 2.08 bits per heavy atom. The van der Waals surface area contributed by atoms with Gasteiger partial charge in [-0.2, -0.15) is 0 Å². The maximum Gasteiger partial charge on any atom is 0.255 e. The molecule has 0 heterocycles. The molecule has 0 aromatic heterocycles. The van der Waals surface area contributed by atoms with E-state index in [0.29, 0.717) is 12.1 Å². The third kappa shape index (κ3) is 6.12. The Balaban J connectivity index is 0.00000312. The molecule has 0 aliphatic carbocycles. The van der Waals surface area contributed by atoms with Gasteiger partial charge in [-0.25, -0.2) is 0 Å². The number of amides is 1. The highest BCUT2D eigenvalue weighted by atomic mass is 35.5. The molecule has 0 radical (unpaired) electrons. The molecule has 5 N–H and O–H groups in total.